The Morgan fingerprint density at radius 3 is 2.00 bits per heavy atom. The summed E-state index contributed by atoms with van der Waals surface area (Å²) in [5.74, 6) is -0.808. The van der Waals surface area contributed by atoms with Crippen molar-refractivity contribution >= 4 is 40.0 Å². The van der Waals surface area contributed by atoms with Crippen LogP contribution in [0.25, 0.3) is 33.4 Å². The maximum Gasteiger partial charge on any atom is 1.00 e. The number of nitrogens with zero attached hydrogens (tertiary/aromatic N) is 4. The van der Waals surface area contributed by atoms with Crippen molar-refractivity contribution in [3.05, 3.63) is 83.7 Å². The molecule has 0 bridgehead atoms. The van der Waals surface area contributed by atoms with E-state index in [1.54, 1.807) is 9.80 Å². The molecular weight excluding hydrogens is 704 g/mol. The number of carboxylic acids is 2. The largest absolute Gasteiger partial charge is 1.00 e. The molecule has 12 nitrogen and oxygen atoms in total. The van der Waals surface area contributed by atoms with Crippen LogP contribution in [0.1, 0.15) is 5.56 Å². The van der Waals surface area contributed by atoms with Gasteiger partial charge in [-0.2, -0.15) is 0 Å². The molecule has 3 aliphatic rings. The van der Waals surface area contributed by atoms with Gasteiger partial charge in [0.05, 0.1) is 55.7 Å². The maximum absolute atomic E-state index is 12.0. The van der Waals surface area contributed by atoms with E-state index in [4.69, 9.17) is 18.6 Å². The first-order chi connectivity index (χ1) is 25.0. The summed E-state index contributed by atoms with van der Waals surface area (Å²) in [4.78, 5) is 29.0. The molecule has 0 atom stereocenters. The van der Waals surface area contributed by atoms with Gasteiger partial charge in [0.2, 0.25) is 5.36 Å². The van der Waals surface area contributed by atoms with Crippen LogP contribution in [-0.4, -0.2) is 92.7 Å². The molecular formula is C40H43KN4O8. The molecule has 1 aliphatic carbocycles. The van der Waals surface area contributed by atoms with Crippen LogP contribution in [0.15, 0.2) is 77.2 Å². The fraction of sp³-hybridized carbons (Fsp3) is 0.325. The number of hydrogen-bond donors (Lipinski definition) is 0. The van der Waals surface area contributed by atoms with E-state index in [0.29, 0.717) is 34.2 Å². The minimum absolute atomic E-state index is 0. The first-order valence-corrected chi connectivity index (χ1v) is 17.1. The molecule has 0 N–H and O–H groups in total. The zero-order chi connectivity index (χ0) is 36.9. The van der Waals surface area contributed by atoms with Crippen molar-refractivity contribution in [3.8, 4) is 33.9 Å². The van der Waals surface area contributed by atoms with Gasteiger partial charge in [-0.15, -0.1) is 0 Å². The third-order valence-corrected chi connectivity index (χ3v) is 9.02. The second kappa shape index (κ2) is 17.8. The molecule has 0 saturated carbocycles. The number of carbonyl (C=O) groups excluding carboxylic acids is 2. The molecule has 0 amide bonds. The van der Waals surface area contributed by atoms with E-state index in [1.807, 2.05) is 105 Å². The molecule has 3 aromatic carbocycles. The zero-order valence-corrected chi connectivity index (χ0v) is 34.3. The SMILES string of the molecule is Cc1ccc2c(c1)OCCOc1cc(-c3c4ccc(=[N+](C)C)cc-4oc4cc(N(C)C)ccc34)ccc1N(CC(=O)[O-])CCOCCN2CC(=O)[O-].[K+]. The average molecular weight is 747 g/mol. The van der Waals surface area contributed by atoms with Gasteiger partial charge in [-0.1, -0.05) is 12.1 Å². The van der Waals surface area contributed by atoms with Crippen molar-refractivity contribution in [1.82, 2.24) is 4.58 Å². The van der Waals surface area contributed by atoms with Crippen LogP contribution in [0.3, 0.4) is 0 Å². The van der Waals surface area contributed by atoms with Crippen molar-refractivity contribution in [1.29, 1.82) is 0 Å². The maximum atomic E-state index is 12.0. The molecule has 0 aromatic heterocycles. The molecule has 2 aliphatic heterocycles. The molecule has 0 unspecified atom stereocenters. The van der Waals surface area contributed by atoms with E-state index in [-0.39, 0.29) is 97.4 Å². The number of ether oxygens (including phenoxy) is 3. The van der Waals surface area contributed by atoms with E-state index >= 15 is 0 Å². The number of aliphatic carboxylic acids is 2. The fourth-order valence-corrected chi connectivity index (χ4v) is 6.42. The van der Waals surface area contributed by atoms with Gasteiger partial charge in [0.25, 0.3) is 0 Å². The van der Waals surface area contributed by atoms with Crippen molar-refractivity contribution in [2.24, 2.45) is 0 Å². The zero-order valence-electron chi connectivity index (χ0n) is 31.1. The smallest absolute Gasteiger partial charge is 0.548 e. The third-order valence-electron chi connectivity index (χ3n) is 9.02. The summed E-state index contributed by atoms with van der Waals surface area (Å²) in [6.07, 6.45) is 0. The summed E-state index contributed by atoms with van der Waals surface area (Å²) in [5.41, 5.74) is 6.50. The van der Waals surface area contributed by atoms with E-state index in [2.05, 4.69) is 12.1 Å². The van der Waals surface area contributed by atoms with Crippen LogP contribution < -0.4 is 95.7 Å². The monoisotopic (exact) mass is 746 g/mol. The number of carbonyl (C=O) groups is 2. The number of carboxylic acid groups (broad SMARTS) is 2. The predicted molar refractivity (Wildman–Crippen MR) is 197 cm³/mol. The Morgan fingerprint density at radius 1 is 0.774 bits per heavy atom. The van der Waals surface area contributed by atoms with Gasteiger partial charge in [0.1, 0.15) is 50.2 Å². The summed E-state index contributed by atoms with van der Waals surface area (Å²) < 4.78 is 27.1. The molecule has 6 rings (SSSR count). The summed E-state index contributed by atoms with van der Waals surface area (Å²) in [6, 6.07) is 23.5. The van der Waals surface area contributed by atoms with Gasteiger partial charge < -0.3 is 53.1 Å². The van der Waals surface area contributed by atoms with E-state index in [0.717, 1.165) is 38.7 Å². The van der Waals surface area contributed by atoms with Crippen LogP contribution in [0.4, 0.5) is 17.1 Å². The van der Waals surface area contributed by atoms with E-state index in [9.17, 15) is 19.8 Å². The minimum Gasteiger partial charge on any atom is -0.548 e. The molecule has 13 heteroatoms. The Morgan fingerprint density at radius 2 is 1.40 bits per heavy atom. The Balaban J connectivity index is 0.00000541. The topological polar surface area (TPSA) is 134 Å². The van der Waals surface area contributed by atoms with Gasteiger partial charge in [-0.3, -0.25) is 0 Å². The molecule has 53 heavy (non-hydrogen) atoms. The fourth-order valence-electron chi connectivity index (χ4n) is 6.42. The van der Waals surface area contributed by atoms with Crippen molar-refractivity contribution in [2.75, 3.05) is 95.5 Å². The van der Waals surface area contributed by atoms with Crippen molar-refractivity contribution < 1.29 is 89.8 Å². The van der Waals surface area contributed by atoms with Crippen LogP contribution in [-0.2, 0) is 14.3 Å². The summed E-state index contributed by atoms with van der Waals surface area (Å²) in [6.45, 7) is 2.25. The quantitative estimate of drug-likeness (QED) is 0.123. The summed E-state index contributed by atoms with van der Waals surface area (Å²) in [5, 5.41) is 25.6. The molecule has 2 heterocycles. The van der Waals surface area contributed by atoms with Gasteiger partial charge >= 0.3 is 51.4 Å². The second-order valence-electron chi connectivity index (χ2n) is 13.2. The minimum atomic E-state index is -1.25. The van der Waals surface area contributed by atoms with Gasteiger partial charge in [-0.25, -0.2) is 4.58 Å². The first kappa shape index (κ1) is 40.1. The number of anilines is 3. The number of rotatable bonds is 6. The number of benzene rings is 4. The molecule has 3 aromatic rings. The summed E-state index contributed by atoms with van der Waals surface area (Å²) >= 11 is 0. The number of hydrogen-bond acceptors (Lipinski definition) is 11. The molecule has 272 valence electrons. The van der Waals surface area contributed by atoms with Gasteiger partial charge in [-0.05, 0) is 60.5 Å². The summed E-state index contributed by atoms with van der Waals surface area (Å²) in [7, 11) is 7.93. The van der Waals surface area contributed by atoms with E-state index in [1.165, 1.54) is 0 Å². The van der Waals surface area contributed by atoms with Crippen LogP contribution in [0, 0.1) is 6.92 Å². The Kier molecular flexibility index (Phi) is 13.5. The third kappa shape index (κ3) is 9.52. The van der Waals surface area contributed by atoms with Crippen molar-refractivity contribution in [3.63, 3.8) is 0 Å². The number of fused-ring (bicyclic) bond motifs is 4. The first-order valence-electron chi connectivity index (χ1n) is 17.1. The molecule has 0 spiro atoms. The Bertz CT molecular complexity index is 2150. The molecule has 0 fully saturated rings. The van der Waals surface area contributed by atoms with Crippen LogP contribution in [0.5, 0.6) is 11.5 Å². The standard InChI is InChI=1S/C40H44N4O8.K/c1-26-6-12-32-36(20-26)50-18-19-51-37-21-27(7-13-33(37)44(25-39(47)48)15-17-49-16-14-43(32)24-38(45)46)40-30-10-8-28(41(2)3)22-34(30)52-35-23-29(42(4)5)9-11-31(35)40;/h6-13,20-23H,14-19,24-25H2,1-5H3,(H-,45,46,47,48);/q;+1/p-1. The average Bonchev–Trinajstić information content (AvgIpc) is 3.10. The van der Waals surface area contributed by atoms with E-state index < -0.39 is 18.5 Å². The Hall–Kier alpha value is -4.11. The van der Waals surface area contributed by atoms with Crippen LogP contribution >= 0.6 is 0 Å². The normalized spacial score (nSPS) is 13.8. The van der Waals surface area contributed by atoms with Crippen LogP contribution in [0.2, 0.25) is 0 Å². The predicted octanol–water partition coefficient (Wildman–Crippen LogP) is -0.785. The molecule has 0 radical (unpaired) electrons. The Labute approximate surface area is 351 Å². The molecule has 0 saturated heterocycles. The van der Waals surface area contributed by atoms with Crippen molar-refractivity contribution in [2.45, 2.75) is 6.92 Å². The second-order valence-corrected chi connectivity index (χ2v) is 13.2. The van der Waals surface area contributed by atoms with Gasteiger partial charge in [0.15, 0.2) is 0 Å². The number of aryl methyl sites for hydroxylation is 1. The van der Waals surface area contributed by atoms with Gasteiger partial charge in [0, 0.05) is 61.5 Å².